The van der Waals surface area contributed by atoms with E-state index in [1.807, 2.05) is 6.20 Å². The highest BCUT2D eigenvalue weighted by Crippen LogP contribution is 2.40. The fraction of sp³-hybridized carbons (Fsp3) is 0.240. The molecule has 1 heteroatoms. The average molecular weight is 339 g/mol. The van der Waals surface area contributed by atoms with E-state index < -0.39 is 0 Å². The highest BCUT2D eigenvalue weighted by Gasteiger charge is 2.27. The average Bonchev–Trinajstić information content (AvgIpc) is 2.70. The van der Waals surface area contributed by atoms with Crippen LogP contribution in [0.4, 0.5) is 0 Å². The molecule has 0 fully saturated rings. The normalized spacial score (nSPS) is 17.9. The summed E-state index contributed by atoms with van der Waals surface area (Å²) in [5.74, 6) is 0.932. The largest absolute Gasteiger partial charge is 0.256 e. The number of benzene rings is 2. The van der Waals surface area contributed by atoms with E-state index in [0.29, 0.717) is 11.8 Å². The van der Waals surface area contributed by atoms with Crippen molar-refractivity contribution >= 4 is 22.4 Å². The summed E-state index contributed by atoms with van der Waals surface area (Å²) in [7, 11) is 0. The van der Waals surface area contributed by atoms with Gasteiger partial charge in [0, 0.05) is 11.6 Å². The van der Waals surface area contributed by atoms with Gasteiger partial charge in [-0.3, -0.25) is 4.98 Å². The third-order valence-corrected chi connectivity index (χ3v) is 5.46. The van der Waals surface area contributed by atoms with E-state index in [2.05, 4.69) is 86.7 Å². The lowest BCUT2D eigenvalue weighted by molar-refractivity contribution is 0.520. The van der Waals surface area contributed by atoms with E-state index >= 15 is 0 Å². The van der Waals surface area contributed by atoms with Crippen molar-refractivity contribution < 1.29 is 0 Å². The van der Waals surface area contributed by atoms with Crippen LogP contribution >= 0.6 is 0 Å². The van der Waals surface area contributed by atoms with Gasteiger partial charge in [-0.1, -0.05) is 74.5 Å². The second-order valence-corrected chi connectivity index (χ2v) is 7.19. The van der Waals surface area contributed by atoms with Crippen LogP contribution in [0.5, 0.6) is 0 Å². The number of nitrogens with zero attached hydrogens (tertiary/aromatic N) is 1. The maximum absolute atomic E-state index is 4.82. The van der Waals surface area contributed by atoms with Gasteiger partial charge in [-0.25, -0.2) is 0 Å². The van der Waals surface area contributed by atoms with Crippen molar-refractivity contribution in [1.29, 1.82) is 0 Å². The third kappa shape index (κ3) is 3.10. The molecule has 130 valence electrons. The van der Waals surface area contributed by atoms with Gasteiger partial charge in [0.25, 0.3) is 0 Å². The van der Waals surface area contributed by atoms with Crippen LogP contribution in [0.25, 0.3) is 22.4 Å². The van der Waals surface area contributed by atoms with Gasteiger partial charge in [-0.05, 0) is 58.9 Å². The van der Waals surface area contributed by atoms with E-state index in [1.54, 1.807) is 0 Å². The Morgan fingerprint density at radius 2 is 1.88 bits per heavy atom. The maximum Gasteiger partial charge on any atom is 0.0743 e. The molecule has 0 radical (unpaired) electrons. The molecule has 0 amide bonds. The van der Waals surface area contributed by atoms with E-state index in [9.17, 15) is 0 Å². The SMILES string of the molecule is CCC=CC(C)C1Cc2ccccc2C=C1c1nccc2ccccc12. The van der Waals surface area contributed by atoms with Crippen LogP contribution in [0, 0.1) is 11.8 Å². The van der Waals surface area contributed by atoms with Crippen LogP contribution in [0.15, 0.2) is 72.9 Å². The van der Waals surface area contributed by atoms with Crippen molar-refractivity contribution in [2.45, 2.75) is 26.7 Å². The summed E-state index contributed by atoms with van der Waals surface area (Å²) < 4.78 is 0. The maximum atomic E-state index is 4.82. The number of fused-ring (bicyclic) bond motifs is 2. The second-order valence-electron chi connectivity index (χ2n) is 7.19. The molecule has 2 aromatic carbocycles. The summed E-state index contributed by atoms with van der Waals surface area (Å²) in [4.78, 5) is 4.82. The predicted molar refractivity (Wildman–Crippen MR) is 112 cm³/mol. The molecule has 0 aliphatic heterocycles. The molecule has 2 atom stereocenters. The first-order valence-electron chi connectivity index (χ1n) is 9.58. The summed E-state index contributed by atoms with van der Waals surface area (Å²) in [6.45, 7) is 4.53. The highest BCUT2D eigenvalue weighted by atomic mass is 14.7. The third-order valence-electron chi connectivity index (χ3n) is 5.46. The van der Waals surface area contributed by atoms with E-state index in [0.717, 1.165) is 18.5 Å². The van der Waals surface area contributed by atoms with Crippen LogP contribution < -0.4 is 0 Å². The number of hydrogen-bond donors (Lipinski definition) is 0. The molecule has 0 N–H and O–H groups in total. The van der Waals surface area contributed by atoms with Crippen molar-refractivity contribution in [3.8, 4) is 0 Å². The number of aromatic nitrogens is 1. The lowest BCUT2D eigenvalue weighted by Gasteiger charge is -2.30. The van der Waals surface area contributed by atoms with Crippen LogP contribution in [-0.4, -0.2) is 4.98 Å². The van der Waals surface area contributed by atoms with Crippen molar-refractivity contribution in [1.82, 2.24) is 4.98 Å². The fourth-order valence-corrected chi connectivity index (χ4v) is 4.03. The molecule has 1 nitrogen and oxygen atoms in total. The van der Waals surface area contributed by atoms with Gasteiger partial charge in [0.1, 0.15) is 0 Å². The molecule has 0 spiro atoms. The zero-order chi connectivity index (χ0) is 17.9. The molecule has 26 heavy (non-hydrogen) atoms. The molecule has 2 unspecified atom stereocenters. The molecule has 0 bridgehead atoms. The summed E-state index contributed by atoms with van der Waals surface area (Å²) >= 11 is 0. The van der Waals surface area contributed by atoms with Gasteiger partial charge in [0.15, 0.2) is 0 Å². The number of hydrogen-bond acceptors (Lipinski definition) is 1. The lowest BCUT2D eigenvalue weighted by Crippen LogP contribution is -2.19. The topological polar surface area (TPSA) is 12.9 Å². The molecule has 3 aromatic rings. The zero-order valence-corrected chi connectivity index (χ0v) is 15.5. The van der Waals surface area contributed by atoms with Crippen LogP contribution in [0.3, 0.4) is 0 Å². The van der Waals surface area contributed by atoms with Gasteiger partial charge in [0.05, 0.1) is 5.69 Å². The van der Waals surface area contributed by atoms with Gasteiger partial charge in [0.2, 0.25) is 0 Å². The minimum absolute atomic E-state index is 0.450. The molecule has 1 aliphatic rings. The number of rotatable bonds is 4. The molecule has 1 aromatic heterocycles. The Labute approximate surface area is 156 Å². The summed E-state index contributed by atoms with van der Waals surface area (Å²) in [6, 6.07) is 19.5. The number of pyridine rings is 1. The highest BCUT2D eigenvalue weighted by molar-refractivity contribution is 5.97. The molecular weight excluding hydrogens is 314 g/mol. The van der Waals surface area contributed by atoms with E-state index in [1.165, 1.54) is 27.5 Å². The quantitative estimate of drug-likeness (QED) is 0.491. The standard InChI is InChI=1S/C25H25N/c1-3-4-9-18(2)23-16-20-11-5-6-12-21(20)17-24(23)25-22-13-8-7-10-19(22)14-15-26-25/h4-15,17-18,23H,3,16H2,1-2H3. The Hall–Kier alpha value is -2.67. The molecule has 0 saturated carbocycles. The monoisotopic (exact) mass is 339 g/mol. The Kier molecular flexibility index (Phi) is 4.71. The molecule has 4 rings (SSSR count). The molecular formula is C25H25N. The minimum Gasteiger partial charge on any atom is -0.256 e. The summed E-state index contributed by atoms with van der Waals surface area (Å²) in [5, 5.41) is 2.50. The molecule has 1 heterocycles. The van der Waals surface area contributed by atoms with E-state index in [4.69, 9.17) is 4.98 Å². The minimum atomic E-state index is 0.450. The lowest BCUT2D eigenvalue weighted by atomic mass is 9.75. The van der Waals surface area contributed by atoms with Crippen molar-refractivity contribution in [2.75, 3.05) is 0 Å². The van der Waals surface area contributed by atoms with Crippen LogP contribution in [-0.2, 0) is 6.42 Å². The Morgan fingerprint density at radius 3 is 2.77 bits per heavy atom. The van der Waals surface area contributed by atoms with Gasteiger partial charge < -0.3 is 0 Å². The van der Waals surface area contributed by atoms with Crippen LogP contribution in [0.1, 0.15) is 37.1 Å². The Bertz CT molecular complexity index is 975. The zero-order valence-electron chi connectivity index (χ0n) is 15.5. The first kappa shape index (κ1) is 16.8. The summed E-state index contributed by atoms with van der Waals surface area (Å²) in [5.41, 5.74) is 5.28. The predicted octanol–water partition coefficient (Wildman–Crippen LogP) is 6.55. The van der Waals surface area contributed by atoms with Gasteiger partial charge in [-0.15, -0.1) is 0 Å². The fourth-order valence-electron chi connectivity index (χ4n) is 4.03. The molecule has 1 aliphatic carbocycles. The number of allylic oxidation sites excluding steroid dienone is 3. The Morgan fingerprint density at radius 1 is 1.08 bits per heavy atom. The smallest absolute Gasteiger partial charge is 0.0743 e. The Balaban J connectivity index is 1.89. The van der Waals surface area contributed by atoms with Crippen molar-refractivity contribution in [3.63, 3.8) is 0 Å². The van der Waals surface area contributed by atoms with Gasteiger partial charge in [-0.2, -0.15) is 0 Å². The first-order chi connectivity index (χ1) is 12.8. The first-order valence-corrected chi connectivity index (χ1v) is 9.58. The van der Waals surface area contributed by atoms with Crippen molar-refractivity contribution in [3.05, 3.63) is 89.8 Å². The van der Waals surface area contributed by atoms with Gasteiger partial charge >= 0.3 is 0 Å². The van der Waals surface area contributed by atoms with Crippen molar-refractivity contribution in [2.24, 2.45) is 11.8 Å². The van der Waals surface area contributed by atoms with Crippen LogP contribution in [0.2, 0.25) is 0 Å². The second kappa shape index (κ2) is 7.29. The summed E-state index contributed by atoms with van der Waals surface area (Å²) in [6.07, 6.45) is 11.1. The van der Waals surface area contributed by atoms with E-state index in [-0.39, 0.29) is 0 Å². The molecule has 0 saturated heterocycles.